The number of benzene rings is 3. The second-order valence-corrected chi connectivity index (χ2v) is 9.07. The molecule has 194 valence electrons. The quantitative estimate of drug-likeness (QED) is 0.236. The molecule has 39 heavy (non-hydrogen) atoms. The van der Waals surface area contributed by atoms with Gasteiger partial charge in [-0.1, -0.05) is 53.7 Å². The zero-order valence-electron chi connectivity index (χ0n) is 21.5. The van der Waals surface area contributed by atoms with Crippen LogP contribution in [0.5, 0.6) is 11.5 Å². The second-order valence-electron chi connectivity index (χ2n) is 9.07. The molecule has 1 aliphatic carbocycles. The highest BCUT2D eigenvalue weighted by Crippen LogP contribution is 2.38. The van der Waals surface area contributed by atoms with E-state index in [1.54, 1.807) is 32.4 Å². The fraction of sp³-hybridized carbons (Fsp3) is 0.161. The monoisotopic (exact) mass is 519 g/mol. The smallest absolute Gasteiger partial charge is 0.339 e. The number of hydrogen-bond acceptors (Lipinski definition) is 8. The normalized spacial score (nSPS) is 13.4. The number of carbonyl (C=O) groups is 1. The minimum Gasteiger partial charge on any atom is -0.497 e. The highest BCUT2D eigenvalue weighted by Gasteiger charge is 2.28. The van der Waals surface area contributed by atoms with Gasteiger partial charge in [0.05, 0.1) is 36.6 Å². The molecule has 5 aromatic rings. The number of carbonyl (C=O) groups excluding carboxylic acids is 1. The van der Waals surface area contributed by atoms with Crippen molar-refractivity contribution < 1.29 is 23.5 Å². The molecular formula is C31H25N3O5. The van der Waals surface area contributed by atoms with E-state index in [9.17, 15) is 4.79 Å². The van der Waals surface area contributed by atoms with Crippen LogP contribution in [-0.2, 0) is 17.8 Å². The standard InChI is InChI=1S/C31H25N3O5/c1-36-21-13-15-23(26(17-21)37-2)30-33-27(39-34-30)18-38-31(35)28-22-10-6-7-11-25(22)32-29-20(12-14-24(28)29)16-19-8-4-3-5-9-19/h3-11,13,15-17H,12,14,18H2,1-2H3. The summed E-state index contributed by atoms with van der Waals surface area (Å²) < 4.78 is 21.8. The Morgan fingerprint density at radius 3 is 2.59 bits per heavy atom. The first kappa shape index (κ1) is 24.4. The third kappa shape index (κ3) is 4.72. The van der Waals surface area contributed by atoms with Gasteiger partial charge in [0.15, 0.2) is 6.61 Å². The van der Waals surface area contributed by atoms with Crippen molar-refractivity contribution in [3.05, 3.63) is 101 Å². The van der Waals surface area contributed by atoms with E-state index >= 15 is 0 Å². The van der Waals surface area contributed by atoms with E-state index in [0.29, 0.717) is 34.9 Å². The average Bonchev–Trinajstić information content (AvgIpc) is 3.62. The van der Waals surface area contributed by atoms with Crippen LogP contribution in [0.25, 0.3) is 33.9 Å². The summed E-state index contributed by atoms with van der Waals surface area (Å²) in [5.41, 5.74) is 5.85. The number of para-hydroxylation sites is 1. The highest BCUT2D eigenvalue weighted by atomic mass is 16.6. The predicted molar refractivity (Wildman–Crippen MR) is 146 cm³/mol. The first-order valence-electron chi connectivity index (χ1n) is 12.5. The fourth-order valence-electron chi connectivity index (χ4n) is 4.87. The third-order valence-corrected chi connectivity index (χ3v) is 6.73. The number of nitrogens with zero attached hydrogens (tertiary/aromatic N) is 3. The van der Waals surface area contributed by atoms with Crippen LogP contribution in [0.15, 0.2) is 77.3 Å². The number of aromatic nitrogens is 3. The third-order valence-electron chi connectivity index (χ3n) is 6.73. The van der Waals surface area contributed by atoms with E-state index in [1.165, 1.54) is 0 Å². The van der Waals surface area contributed by atoms with E-state index < -0.39 is 5.97 Å². The lowest BCUT2D eigenvalue weighted by Gasteiger charge is -2.11. The van der Waals surface area contributed by atoms with Crippen LogP contribution in [0, 0.1) is 0 Å². The van der Waals surface area contributed by atoms with Crippen molar-refractivity contribution >= 4 is 28.5 Å². The van der Waals surface area contributed by atoms with Gasteiger partial charge >= 0.3 is 5.97 Å². The highest BCUT2D eigenvalue weighted by molar-refractivity contribution is 6.07. The molecule has 2 aromatic heterocycles. The average molecular weight is 520 g/mol. The molecule has 0 spiro atoms. The molecule has 0 saturated heterocycles. The second kappa shape index (κ2) is 10.4. The lowest BCUT2D eigenvalue weighted by Crippen LogP contribution is -2.10. The number of methoxy groups -OCH3 is 2. The molecule has 0 N–H and O–H groups in total. The number of esters is 1. The number of allylic oxidation sites excluding steroid dienone is 1. The van der Waals surface area contributed by atoms with Crippen molar-refractivity contribution in [1.82, 2.24) is 15.1 Å². The molecule has 0 amide bonds. The topological polar surface area (TPSA) is 96.6 Å². The Hall–Kier alpha value is -4.98. The molecule has 0 unspecified atom stereocenters. The lowest BCUT2D eigenvalue weighted by atomic mass is 10.0. The van der Waals surface area contributed by atoms with Crippen LogP contribution in [0.4, 0.5) is 0 Å². The van der Waals surface area contributed by atoms with Gasteiger partial charge in [-0.3, -0.25) is 0 Å². The Morgan fingerprint density at radius 1 is 0.949 bits per heavy atom. The van der Waals surface area contributed by atoms with Crippen molar-refractivity contribution in [3.8, 4) is 22.9 Å². The molecule has 1 aliphatic rings. The van der Waals surface area contributed by atoms with Crippen LogP contribution >= 0.6 is 0 Å². The largest absolute Gasteiger partial charge is 0.497 e. The minimum atomic E-state index is -0.451. The van der Waals surface area contributed by atoms with Gasteiger partial charge in [0.25, 0.3) is 5.89 Å². The Morgan fingerprint density at radius 2 is 1.77 bits per heavy atom. The summed E-state index contributed by atoms with van der Waals surface area (Å²) >= 11 is 0. The maximum absolute atomic E-state index is 13.5. The zero-order valence-corrected chi connectivity index (χ0v) is 21.5. The molecule has 0 atom stereocenters. The van der Waals surface area contributed by atoms with E-state index in [1.807, 2.05) is 42.5 Å². The number of hydrogen-bond donors (Lipinski definition) is 0. The van der Waals surface area contributed by atoms with Crippen LogP contribution in [0.2, 0.25) is 0 Å². The first-order valence-corrected chi connectivity index (χ1v) is 12.5. The molecule has 3 aromatic carbocycles. The van der Waals surface area contributed by atoms with Crippen LogP contribution < -0.4 is 9.47 Å². The fourth-order valence-corrected chi connectivity index (χ4v) is 4.87. The van der Waals surface area contributed by atoms with E-state index in [0.717, 1.165) is 39.7 Å². The van der Waals surface area contributed by atoms with Crippen LogP contribution in [-0.4, -0.2) is 35.3 Å². The van der Waals surface area contributed by atoms with Crippen molar-refractivity contribution in [2.24, 2.45) is 0 Å². The summed E-state index contributed by atoms with van der Waals surface area (Å²) in [6.07, 6.45) is 3.64. The summed E-state index contributed by atoms with van der Waals surface area (Å²) in [6.45, 7) is -0.164. The Balaban J connectivity index is 1.28. The molecule has 8 heteroatoms. The number of fused-ring (bicyclic) bond motifs is 2. The van der Waals surface area contributed by atoms with Gasteiger partial charge in [0, 0.05) is 11.5 Å². The maximum atomic E-state index is 13.5. The Kier molecular flexibility index (Phi) is 6.50. The molecular weight excluding hydrogens is 494 g/mol. The predicted octanol–water partition coefficient (Wildman–Crippen LogP) is 6.15. The van der Waals surface area contributed by atoms with Gasteiger partial charge in [0.1, 0.15) is 11.5 Å². The van der Waals surface area contributed by atoms with Gasteiger partial charge in [-0.05, 0) is 53.8 Å². The maximum Gasteiger partial charge on any atom is 0.339 e. The van der Waals surface area contributed by atoms with Gasteiger partial charge in [-0.2, -0.15) is 4.98 Å². The van der Waals surface area contributed by atoms with E-state index in [-0.39, 0.29) is 12.5 Å². The van der Waals surface area contributed by atoms with Crippen molar-refractivity contribution in [3.63, 3.8) is 0 Å². The summed E-state index contributed by atoms with van der Waals surface area (Å²) in [4.78, 5) is 22.8. The van der Waals surface area contributed by atoms with Crippen LogP contribution in [0.1, 0.15) is 39.5 Å². The van der Waals surface area contributed by atoms with E-state index in [2.05, 4.69) is 28.3 Å². The molecule has 0 saturated carbocycles. The Bertz CT molecular complexity index is 1710. The molecule has 0 bridgehead atoms. The van der Waals surface area contributed by atoms with Gasteiger partial charge in [0.2, 0.25) is 5.82 Å². The lowest BCUT2D eigenvalue weighted by molar-refractivity contribution is 0.0431. The van der Waals surface area contributed by atoms with Crippen molar-refractivity contribution in [2.45, 2.75) is 19.4 Å². The summed E-state index contributed by atoms with van der Waals surface area (Å²) in [6, 6.07) is 23.0. The summed E-state index contributed by atoms with van der Waals surface area (Å²) in [5, 5.41) is 4.80. The number of pyridine rings is 1. The summed E-state index contributed by atoms with van der Waals surface area (Å²) in [5.74, 6) is 1.24. The molecule has 0 aliphatic heterocycles. The first-order chi connectivity index (χ1) is 19.1. The SMILES string of the molecule is COc1ccc(-c2noc(COC(=O)c3c4c(nc5ccccc35)C(=Cc3ccccc3)CC4)n2)c(OC)c1. The zero-order chi connectivity index (χ0) is 26.8. The van der Waals surface area contributed by atoms with Gasteiger partial charge < -0.3 is 18.7 Å². The van der Waals surface area contributed by atoms with Gasteiger partial charge in [-0.15, -0.1) is 0 Å². The molecule has 0 fully saturated rings. The number of ether oxygens (including phenoxy) is 3. The summed E-state index contributed by atoms with van der Waals surface area (Å²) in [7, 11) is 3.13. The van der Waals surface area contributed by atoms with Gasteiger partial charge in [-0.25, -0.2) is 9.78 Å². The molecule has 0 radical (unpaired) electrons. The minimum absolute atomic E-state index is 0.164. The van der Waals surface area contributed by atoms with Crippen molar-refractivity contribution in [1.29, 1.82) is 0 Å². The molecule has 6 rings (SSSR count). The number of rotatable bonds is 7. The van der Waals surface area contributed by atoms with Crippen molar-refractivity contribution in [2.75, 3.05) is 14.2 Å². The molecule has 8 nitrogen and oxygen atoms in total. The Labute approximate surface area is 224 Å². The molecule has 2 heterocycles. The van der Waals surface area contributed by atoms with Crippen LogP contribution in [0.3, 0.4) is 0 Å². The van der Waals surface area contributed by atoms with E-state index in [4.69, 9.17) is 23.7 Å².